The van der Waals surface area contributed by atoms with Gasteiger partial charge in [0.15, 0.2) is 0 Å². The zero-order chi connectivity index (χ0) is 18.1. The van der Waals surface area contributed by atoms with Crippen molar-refractivity contribution in [3.63, 3.8) is 0 Å². The average Bonchev–Trinajstić information content (AvgIpc) is 3.21. The highest BCUT2D eigenvalue weighted by Gasteiger charge is 2.31. The normalized spacial score (nSPS) is 23.8. The van der Waals surface area contributed by atoms with Crippen molar-refractivity contribution in [3.05, 3.63) is 23.3 Å². The van der Waals surface area contributed by atoms with Crippen LogP contribution in [-0.4, -0.2) is 51.2 Å². The monoisotopic (exact) mass is 356 g/mol. The summed E-state index contributed by atoms with van der Waals surface area (Å²) in [6.07, 6.45) is 9.24. The van der Waals surface area contributed by atoms with Gasteiger partial charge in [0.25, 0.3) is 0 Å². The molecule has 1 aromatic heterocycles. The van der Waals surface area contributed by atoms with Crippen LogP contribution in [0.1, 0.15) is 68.4 Å². The summed E-state index contributed by atoms with van der Waals surface area (Å²) in [7, 11) is 0. The Kier molecular flexibility index (Phi) is 4.92. The second-order valence-corrected chi connectivity index (χ2v) is 8.00. The topological polar surface area (TPSA) is 66.4 Å². The Morgan fingerprint density at radius 2 is 1.88 bits per heavy atom. The maximum atomic E-state index is 12.7. The zero-order valence-corrected chi connectivity index (χ0v) is 15.6. The third-order valence-corrected chi connectivity index (χ3v) is 6.20. The third kappa shape index (κ3) is 3.46. The molecule has 1 saturated heterocycles. The standard InChI is InChI=1S/C20H28N4O2/c1-14(25)23-9-4-7-16(12-23)19-21-11-17-13-24(10-8-18(17)22-19)20(26)15-5-2-3-6-15/h11,15-16H,2-10,12-13H2,1H3/t16-/m1/s1. The van der Waals surface area contributed by atoms with Crippen LogP contribution in [0.25, 0.3) is 0 Å². The molecule has 3 aliphatic rings. The first-order chi connectivity index (χ1) is 12.6. The van der Waals surface area contributed by atoms with Gasteiger partial charge in [-0.15, -0.1) is 0 Å². The lowest BCUT2D eigenvalue weighted by molar-refractivity contribution is -0.136. The molecule has 0 bridgehead atoms. The summed E-state index contributed by atoms with van der Waals surface area (Å²) in [4.78, 5) is 37.7. The summed E-state index contributed by atoms with van der Waals surface area (Å²) < 4.78 is 0. The maximum Gasteiger partial charge on any atom is 0.225 e. The van der Waals surface area contributed by atoms with Crippen LogP contribution in [-0.2, 0) is 22.6 Å². The van der Waals surface area contributed by atoms with Gasteiger partial charge in [0.1, 0.15) is 5.82 Å². The Morgan fingerprint density at radius 3 is 2.65 bits per heavy atom. The Hall–Kier alpha value is -1.98. The van der Waals surface area contributed by atoms with Crippen molar-refractivity contribution in [2.24, 2.45) is 5.92 Å². The van der Waals surface area contributed by atoms with E-state index in [1.54, 1.807) is 6.92 Å². The number of rotatable bonds is 2. The van der Waals surface area contributed by atoms with Gasteiger partial charge in [0.2, 0.25) is 11.8 Å². The highest BCUT2D eigenvalue weighted by atomic mass is 16.2. The highest BCUT2D eigenvalue weighted by molar-refractivity contribution is 5.79. The predicted molar refractivity (Wildman–Crippen MR) is 97.3 cm³/mol. The Labute approximate surface area is 155 Å². The largest absolute Gasteiger partial charge is 0.342 e. The zero-order valence-electron chi connectivity index (χ0n) is 15.6. The van der Waals surface area contributed by atoms with Crippen molar-refractivity contribution in [2.75, 3.05) is 19.6 Å². The van der Waals surface area contributed by atoms with Crippen molar-refractivity contribution >= 4 is 11.8 Å². The van der Waals surface area contributed by atoms with Crippen LogP contribution in [0.2, 0.25) is 0 Å². The molecule has 3 heterocycles. The number of nitrogens with zero attached hydrogens (tertiary/aromatic N) is 4. The average molecular weight is 356 g/mol. The van der Waals surface area contributed by atoms with Crippen LogP contribution in [0.3, 0.4) is 0 Å². The van der Waals surface area contributed by atoms with E-state index in [0.29, 0.717) is 12.5 Å². The van der Waals surface area contributed by atoms with E-state index in [4.69, 9.17) is 4.98 Å². The first-order valence-electron chi connectivity index (χ1n) is 10.0. The van der Waals surface area contributed by atoms with Gasteiger partial charge in [-0.1, -0.05) is 12.8 Å². The fourth-order valence-corrected chi connectivity index (χ4v) is 4.62. The van der Waals surface area contributed by atoms with E-state index >= 15 is 0 Å². The van der Waals surface area contributed by atoms with Crippen LogP contribution in [0.5, 0.6) is 0 Å². The molecule has 2 amide bonds. The Morgan fingerprint density at radius 1 is 1.08 bits per heavy atom. The number of aromatic nitrogens is 2. The van der Waals surface area contributed by atoms with Gasteiger partial charge in [0.05, 0.1) is 5.69 Å². The van der Waals surface area contributed by atoms with Gasteiger partial charge in [0, 0.05) is 63.1 Å². The van der Waals surface area contributed by atoms with E-state index in [9.17, 15) is 9.59 Å². The van der Waals surface area contributed by atoms with E-state index < -0.39 is 0 Å². The Balaban J connectivity index is 1.45. The van der Waals surface area contributed by atoms with Crippen molar-refractivity contribution in [2.45, 2.75) is 64.3 Å². The predicted octanol–water partition coefficient (Wildman–Crippen LogP) is 2.28. The molecule has 0 aromatic carbocycles. The number of fused-ring (bicyclic) bond motifs is 1. The number of hydrogen-bond acceptors (Lipinski definition) is 4. The van der Waals surface area contributed by atoms with E-state index in [1.165, 1.54) is 12.8 Å². The molecule has 0 unspecified atom stereocenters. The van der Waals surface area contributed by atoms with Crippen LogP contribution in [0.15, 0.2) is 6.20 Å². The highest BCUT2D eigenvalue weighted by Crippen LogP contribution is 2.30. The minimum atomic E-state index is 0.133. The van der Waals surface area contributed by atoms with Gasteiger partial charge in [-0.05, 0) is 25.7 Å². The summed E-state index contributed by atoms with van der Waals surface area (Å²) in [5.41, 5.74) is 2.18. The molecule has 0 spiro atoms. The molecule has 1 saturated carbocycles. The molecule has 1 atom stereocenters. The van der Waals surface area contributed by atoms with Crippen LogP contribution in [0.4, 0.5) is 0 Å². The summed E-state index contributed by atoms with van der Waals surface area (Å²) in [6.45, 7) is 4.61. The molecule has 2 aliphatic heterocycles. The number of carbonyl (C=O) groups is 2. The van der Waals surface area contributed by atoms with E-state index in [-0.39, 0.29) is 17.7 Å². The summed E-state index contributed by atoms with van der Waals surface area (Å²) in [6, 6.07) is 0. The van der Waals surface area contributed by atoms with Crippen molar-refractivity contribution in [1.82, 2.24) is 19.8 Å². The van der Waals surface area contributed by atoms with E-state index in [1.807, 2.05) is 16.0 Å². The first kappa shape index (κ1) is 17.4. The second kappa shape index (κ2) is 7.33. The van der Waals surface area contributed by atoms with Gasteiger partial charge < -0.3 is 9.80 Å². The van der Waals surface area contributed by atoms with Crippen molar-refractivity contribution in [1.29, 1.82) is 0 Å². The number of hydrogen-bond donors (Lipinski definition) is 0. The van der Waals surface area contributed by atoms with E-state index in [2.05, 4.69) is 4.98 Å². The molecule has 0 radical (unpaired) electrons. The second-order valence-electron chi connectivity index (χ2n) is 8.00. The summed E-state index contributed by atoms with van der Waals surface area (Å²) in [5, 5.41) is 0. The lowest BCUT2D eigenvalue weighted by Gasteiger charge is -2.33. The lowest BCUT2D eigenvalue weighted by atomic mass is 9.96. The number of likely N-dealkylation sites (tertiary alicyclic amines) is 1. The van der Waals surface area contributed by atoms with Crippen molar-refractivity contribution < 1.29 is 9.59 Å². The number of amides is 2. The Bertz CT molecular complexity index is 699. The molecule has 1 aliphatic carbocycles. The molecule has 1 aromatic rings. The molecule has 4 rings (SSSR count). The summed E-state index contributed by atoms with van der Waals surface area (Å²) in [5.74, 6) is 1.79. The fraction of sp³-hybridized carbons (Fsp3) is 0.700. The summed E-state index contributed by atoms with van der Waals surface area (Å²) >= 11 is 0. The molecule has 6 heteroatoms. The van der Waals surface area contributed by atoms with Crippen LogP contribution < -0.4 is 0 Å². The molecule has 6 nitrogen and oxygen atoms in total. The first-order valence-corrected chi connectivity index (χ1v) is 10.0. The quantitative estimate of drug-likeness (QED) is 0.815. The van der Waals surface area contributed by atoms with Crippen LogP contribution in [0, 0.1) is 5.92 Å². The molecule has 26 heavy (non-hydrogen) atoms. The minimum absolute atomic E-state index is 0.133. The number of piperidine rings is 1. The third-order valence-electron chi connectivity index (χ3n) is 6.20. The molecule has 0 N–H and O–H groups in total. The molecular weight excluding hydrogens is 328 g/mol. The maximum absolute atomic E-state index is 12.7. The lowest BCUT2D eigenvalue weighted by Crippen LogP contribution is -2.40. The van der Waals surface area contributed by atoms with Gasteiger partial charge in [-0.3, -0.25) is 9.59 Å². The van der Waals surface area contributed by atoms with Gasteiger partial charge in [-0.2, -0.15) is 0 Å². The van der Waals surface area contributed by atoms with Gasteiger partial charge >= 0.3 is 0 Å². The van der Waals surface area contributed by atoms with Crippen LogP contribution >= 0.6 is 0 Å². The smallest absolute Gasteiger partial charge is 0.225 e. The molecule has 2 fully saturated rings. The minimum Gasteiger partial charge on any atom is -0.342 e. The van der Waals surface area contributed by atoms with E-state index in [0.717, 1.165) is 68.8 Å². The number of carbonyl (C=O) groups excluding carboxylic acids is 2. The molecule has 140 valence electrons. The SMILES string of the molecule is CC(=O)N1CCC[C@@H](c2ncc3c(n2)CCN(C(=O)C2CCCC2)C3)C1. The molecular formula is C20H28N4O2. The van der Waals surface area contributed by atoms with Gasteiger partial charge in [-0.25, -0.2) is 9.97 Å². The van der Waals surface area contributed by atoms with Crippen molar-refractivity contribution in [3.8, 4) is 0 Å². The fourth-order valence-electron chi connectivity index (χ4n) is 4.62.